The van der Waals surface area contributed by atoms with Crippen molar-refractivity contribution in [3.63, 3.8) is 0 Å². The first-order valence-electron chi connectivity index (χ1n) is 8.79. The first-order chi connectivity index (χ1) is 11.9. The molecule has 0 aromatic heterocycles. The lowest BCUT2D eigenvalue weighted by molar-refractivity contribution is -0.131. The maximum Gasteiger partial charge on any atom is 0.224 e. The minimum Gasteiger partial charge on any atom is -0.381 e. The Morgan fingerprint density at radius 2 is 1.92 bits per heavy atom. The molecular formula is C18H26N2O4S. The summed E-state index contributed by atoms with van der Waals surface area (Å²) in [6.45, 7) is 4.69. The second kappa shape index (κ2) is 7.43. The van der Waals surface area contributed by atoms with Gasteiger partial charge in [-0.05, 0) is 18.4 Å². The van der Waals surface area contributed by atoms with E-state index in [-0.39, 0.29) is 23.8 Å². The van der Waals surface area contributed by atoms with Crippen LogP contribution >= 0.6 is 0 Å². The van der Waals surface area contributed by atoms with Gasteiger partial charge < -0.3 is 9.64 Å². The normalized spacial score (nSPS) is 26.8. The summed E-state index contributed by atoms with van der Waals surface area (Å²) in [6.07, 6.45) is 1.66. The number of nitrogens with zero attached hydrogens (tertiary/aromatic N) is 2. The van der Waals surface area contributed by atoms with E-state index in [1.165, 1.54) is 6.26 Å². The molecule has 6 nitrogen and oxygen atoms in total. The molecule has 0 unspecified atom stereocenters. The average Bonchev–Trinajstić information content (AvgIpc) is 3.13. The zero-order valence-electron chi connectivity index (χ0n) is 14.8. The zero-order chi connectivity index (χ0) is 18.0. The Morgan fingerprint density at radius 1 is 1.20 bits per heavy atom. The lowest BCUT2D eigenvalue weighted by Gasteiger charge is -2.28. The van der Waals surface area contributed by atoms with Crippen molar-refractivity contribution in [1.29, 1.82) is 0 Å². The number of likely N-dealkylation sites (tertiary alicyclic amines) is 1. The van der Waals surface area contributed by atoms with Gasteiger partial charge >= 0.3 is 0 Å². The van der Waals surface area contributed by atoms with E-state index in [4.69, 9.17) is 4.74 Å². The molecule has 1 aromatic carbocycles. The minimum absolute atomic E-state index is 0.0977. The lowest BCUT2D eigenvalue weighted by atomic mass is 9.90. The van der Waals surface area contributed by atoms with Gasteiger partial charge in [0.05, 0.1) is 25.3 Å². The van der Waals surface area contributed by atoms with Crippen LogP contribution in [0.3, 0.4) is 0 Å². The second-order valence-corrected chi connectivity index (χ2v) is 8.79. The van der Waals surface area contributed by atoms with Gasteiger partial charge in [0, 0.05) is 32.2 Å². The van der Waals surface area contributed by atoms with Gasteiger partial charge in [-0.3, -0.25) is 4.79 Å². The Morgan fingerprint density at radius 3 is 2.56 bits per heavy atom. The smallest absolute Gasteiger partial charge is 0.224 e. The minimum atomic E-state index is -3.29. The van der Waals surface area contributed by atoms with E-state index >= 15 is 0 Å². The van der Waals surface area contributed by atoms with E-state index in [0.29, 0.717) is 39.3 Å². The fourth-order valence-electron chi connectivity index (χ4n) is 4.08. The van der Waals surface area contributed by atoms with Crippen LogP contribution in [0.4, 0.5) is 0 Å². The molecule has 0 radical (unpaired) electrons. The first-order valence-corrected chi connectivity index (χ1v) is 10.6. The van der Waals surface area contributed by atoms with Gasteiger partial charge in [0.1, 0.15) is 0 Å². The van der Waals surface area contributed by atoms with Crippen molar-refractivity contribution in [3.05, 3.63) is 35.9 Å². The Labute approximate surface area is 149 Å². The average molecular weight is 366 g/mol. The first kappa shape index (κ1) is 18.4. The van der Waals surface area contributed by atoms with Crippen LogP contribution in [0.1, 0.15) is 24.9 Å². The van der Waals surface area contributed by atoms with E-state index in [9.17, 15) is 13.2 Å². The zero-order valence-corrected chi connectivity index (χ0v) is 15.6. The third-order valence-corrected chi connectivity index (χ3v) is 6.43. The quantitative estimate of drug-likeness (QED) is 0.716. The van der Waals surface area contributed by atoms with Crippen molar-refractivity contribution in [2.45, 2.75) is 19.4 Å². The molecule has 1 amide bonds. The molecule has 0 saturated carbocycles. The summed E-state index contributed by atoms with van der Waals surface area (Å²) in [7, 11) is -3.29. The number of fused-ring (bicyclic) bond motifs is 1. The second-order valence-electron chi connectivity index (χ2n) is 6.86. The Bertz CT molecular complexity index is 707. The van der Waals surface area contributed by atoms with Crippen LogP contribution in [0.2, 0.25) is 0 Å². The molecule has 0 spiro atoms. The monoisotopic (exact) mass is 366 g/mol. The highest BCUT2D eigenvalue weighted by Crippen LogP contribution is 2.46. The molecule has 2 aliphatic rings. The van der Waals surface area contributed by atoms with Crippen LogP contribution in [0, 0.1) is 11.8 Å². The summed E-state index contributed by atoms with van der Waals surface area (Å²) in [5, 5.41) is 0. The highest BCUT2D eigenvalue weighted by molar-refractivity contribution is 7.88. The number of benzene rings is 1. The molecule has 1 aromatic rings. The SMILES string of the molecule is CCOCCC(=O)N1C[C@@H]2CN(S(C)(=O)=O)[C@@H](c3ccccc3)[C@@H]2C1. The van der Waals surface area contributed by atoms with Crippen molar-refractivity contribution in [2.75, 3.05) is 39.1 Å². The van der Waals surface area contributed by atoms with E-state index in [2.05, 4.69) is 0 Å². The van der Waals surface area contributed by atoms with Gasteiger partial charge in [0.15, 0.2) is 0 Å². The molecule has 3 rings (SSSR count). The van der Waals surface area contributed by atoms with Crippen molar-refractivity contribution in [2.24, 2.45) is 11.8 Å². The number of carbonyl (C=O) groups is 1. The largest absolute Gasteiger partial charge is 0.381 e. The van der Waals surface area contributed by atoms with Gasteiger partial charge in [0.25, 0.3) is 0 Å². The lowest BCUT2D eigenvalue weighted by Crippen LogP contribution is -2.37. The van der Waals surface area contributed by atoms with E-state index in [0.717, 1.165) is 5.56 Å². The van der Waals surface area contributed by atoms with E-state index in [1.54, 1.807) is 4.31 Å². The molecule has 3 atom stereocenters. The number of sulfonamides is 1. The van der Waals surface area contributed by atoms with Gasteiger partial charge in [-0.2, -0.15) is 4.31 Å². The Balaban J connectivity index is 1.77. The molecule has 0 bridgehead atoms. The van der Waals surface area contributed by atoms with Crippen molar-refractivity contribution in [1.82, 2.24) is 9.21 Å². The van der Waals surface area contributed by atoms with E-state index < -0.39 is 10.0 Å². The summed E-state index contributed by atoms with van der Waals surface area (Å²) in [5.41, 5.74) is 1.00. The number of carbonyl (C=O) groups excluding carboxylic acids is 1. The van der Waals surface area contributed by atoms with Gasteiger partial charge in [-0.15, -0.1) is 0 Å². The third-order valence-electron chi connectivity index (χ3n) is 5.21. The molecule has 0 aliphatic carbocycles. The predicted octanol–water partition coefficient (Wildman–Crippen LogP) is 1.50. The van der Waals surface area contributed by atoms with E-state index in [1.807, 2.05) is 42.2 Å². The third kappa shape index (κ3) is 3.88. The molecule has 7 heteroatoms. The summed E-state index contributed by atoms with van der Waals surface area (Å²) in [4.78, 5) is 14.3. The topological polar surface area (TPSA) is 66.9 Å². The molecule has 138 valence electrons. The molecule has 0 N–H and O–H groups in total. The highest BCUT2D eigenvalue weighted by atomic mass is 32.2. The number of hydrogen-bond donors (Lipinski definition) is 0. The molecule has 2 aliphatic heterocycles. The standard InChI is InChI=1S/C18H26N2O4S/c1-3-24-10-9-17(21)19-11-15-12-20(25(2,22)23)18(16(15)13-19)14-7-5-4-6-8-14/h4-8,15-16,18H,3,9-13H2,1-2H3/t15-,16-,18+/m1/s1. The van der Waals surface area contributed by atoms with Crippen molar-refractivity contribution >= 4 is 15.9 Å². The van der Waals surface area contributed by atoms with Crippen molar-refractivity contribution < 1.29 is 17.9 Å². The molecule has 2 fully saturated rings. The molecular weight excluding hydrogens is 340 g/mol. The van der Waals surface area contributed by atoms with Crippen LogP contribution in [-0.2, 0) is 19.6 Å². The number of amides is 1. The van der Waals surface area contributed by atoms with Crippen molar-refractivity contribution in [3.8, 4) is 0 Å². The number of hydrogen-bond acceptors (Lipinski definition) is 4. The van der Waals surface area contributed by atoms with Crippen LogP contribution < -0.4 is 0 Å². The van der Waals surface area contributed by atoms with Gasteiger partial charge in [0.2, 0.25) is 15.9 Å². The van der Waals surface area contributed by atoms with Crippen LogP contribution in [0.25, 0.3) is 0 Å². The van der Waals surface area contributed by atoms with Gasteiger partial charge in [-0.1, -0.05) is 30.3 Å². The number of rotatable bonds is 6. The predicted molar refractivity (Wildman–Crippen MR) is 95.4 cm³/mol. The maximum absolute atomic E-state index is 12.4. The molecule has 2 saturated heterocycles. The fraction of sp³-hybridized carbons (Fsp3) is 0.611. The molecule has 25 heavy (non-hydrogen) atoms. The number of ether oxygens (including phenoxy) is 1. The summed E-state index contributed by atoms with van der Waals surface area (Å²) < 4.78 is 31.4. The van der Waals surface area contributed by atoms with Crippen LogP contribution in [0.5, 0.6) is 0 Å². The highest BCUT2D eigenvalue weighted by Gasteiger charge is 2.51. The Kier molecular flexibility index (Phi) is 5.46. The van der Waals surface area contributed by atoms with Gasteiger partial charge in [-0.25, -0.2) is 8.42 Å². The maximum atomic E-state index is 12.4. The summed E-state index contributed by atoms with van der Waals surface area (Å²) in [6, 6.07) is 9.56. The van der Waals surface area contributed by atoms with Crippen LogP contribution in [0.15, 0.2) is 30.3 Å². The fourth-order valence-corrected chi connectivity index (χ4v) is 5.23. The molecule has 2 heterocycles. The summed E-state index contributed by atoms with van der Waals surface area (Å²) >= 11 is 0. The Hall–Kier alpha value is -1.44. The van der Waals surface area contributed by atoms with Crippen LogP contribution in [-0.4, -0.2) is 62.6 Å². The summed E-state index contributed by atoms with van der Waals surface area (Å²) in [5.74, 6) is 0.435.